The van der Waals surface area contributed by atoms with E-state index in [1.165, 1.54) is 6.42 Å². The van der Waals surface area contributed by atoms with Gasteiger partial charge in [-0.05, 0) is 18.4 Å². The maximum Gasteiger partial charge on any atom is 0.249 e. The molecule has 1 saturated carbocycles. The number of likely N-dealkylation sites (tertiary alicyclic amines) is 1. The second kappa shape index (κ2) is 9.40. The van der Waals surface area contributed by atoms with E-state index >= 15 is 0 Å². The Labute approximate surface area is 217 Å². The summed E-state index contributed by atoms with van der Waals surface area (Å²) < 4.78 is 6.68. The SMILES string of the molecule is CN1CC=C[C@H]2O[C@]34C=CCN(C5CCCCC5)C(=O)C3N([C@H](CO)c3ccccc3)C(=O)[C@@H]4[C@H]2C1=O. The number of likely N-dealkylation sites (N-methyl/N-ethyl adjacent to an activating group) is 1. The van der Waals surface area contributed by atoms with Gasteiger partial charge in [-0.25, -0.2) is 0 Å². The quantitative estimate of drug-likeness (QED) is 0.633. The van der Waals surface area contributed by atoms with Gasteiger partial charge in [0.15, 0.2) is 0 Å². The van der Waals surface area contributed by atoms with Crippen LogP contribution in [0.25, 0.3) is 0 Å². The lowest BCUT2D eigenvalue weighted by molar-refractivity contribution is -0.153. The van der Waals surface area contributed by atoms with Crippen LogP contribution in [0.5, 0.6) is 0 Å². The summed E-state index contributed by atoms with van der Waals surface area (Å²) in [6.45, 7) is 0.565. The number of amides is 3. The van der Waals surface area contributed by atoms with Gasteiger partial charge >= 0.3 is 0 Å². The van der Waals surface area contributed by atoms with Gasteiger partial charge in [-0.15, -0.1) is 0 Å². The summed E-state index contributed by atoms with van der Waals surface area (Å²) in [5.74, 6) is -2.17. The smallest absolute Gasteiger partial charge is 0.249 e. The van der Waals surface area contributed by atoms with Gasteiger partial charge in [-0.3, -0.25) is 14.4 Å². The van der Waals surface area contributed by atoms with Crippen LogP contribution < -0.4 is 0 Å². The van der Waals surface area contributed by atoms with Crippen LogP contribution in [0.4, 0.5) is 0 Å². The molecule has 1 aliphatic carbocycles. The van der Waals surface area contributed by atoms with Crippen LogP contribution in [0.15, 0.2) is 54.6 Å². The molecule has 1 aromatic rings. The lowest BCUT2D eigenvalue weighted by Crippen LogP contribution is -2.58. The third-order valence-electron chi connectivity index (χ3n) is 9.04. The number of carbonyl (C=O) groups is 3. The fraction of sp³-hybridized carbons (Fsp3) is 0.552. The Balaban J connectivity index is 1.49. The molecule has 8 heteroatoms. The first-order chi connectivity index (χ1) is 18.0. The highest BCUT2D eigenvalue weighted by molar-refractivity contribution is 6.00. The Hall–Kier alpha value is -2.97. The molecule has 4 aliphatic heterocycles. The largest absolute Gasteiger partial charge is 0.394 e. The van der Waals surface area contributed by atoms with Crippen molar-refractivity contribution in [3.05, 3.63) is 60.2 Å². The third-order valence-corrected chi connectivity index (χ3v) is 9.04. The summed E-state index contributed by atoms with van der Waals surface area (Å²) in [6.07, 6.45) is 12.2. The van der Waals surface area contributed by atoms with Gasteiger partial charge < -0.3 is 24.5 Å². The summed E-state index contributed by atoms with van der Waals surface area (Å²) in [6, 6.07) is 7.76. The summed E-state index contributed by atoms with van der Waals surface area (Å²) in [5.41, 5.74) is -0.521. The molecular weight excluding hydrogens is 470 g/mol. The number of aliphatic hydroxyl groups excluding tert-OH is 1. The predicted octanol–water partition coefficient (Wildman–Crippen LogP) is 2.06. The van der Waals surface area contributed by atoms with Crippen LogP contribution in [0.1, 0.15) is 43.7 Å². The number of rotatable bonds is 4. The fourth-order valence-corrected chi connectivity index (χ4v) is 7.31. The average Bonchev–Trinajstić information content (AvgIpc) is 3.24. The molecule has 0 bridgehead atoms. The Morgan fingerprint density at radius 2 is 1.76 bits per heavy atom. The molecule has 1 N–H and O–H groups in total. The summed E-state index contributed by atoms with van der Waals surface area (Å²) >= 11 is 0. The van der Waals surface area contributed by atoms with Gasteiger partial charge in [0.05, 0.1) is 30.6 Å². The number of nitrogens with zero attached hydrogens (tertiary/aromatic N) is 3. The van der Waals surface area contributed by atoms with E-state index in [9.17, 15) is 19.5 Å². The Bertz CT molecular complexity index is 1130. The monoisotopic (exact) mass is 505 g/mol. The molecule has 3 fully saturated rings. The number of benzene rings is 1. The standard InChI is InChI=1S/C29H35N3O5/c1-30-16-8-14-22-23(26(30)34)24-27(35)32(21(18-33)19-10-4-2-5-11-19)25-28(36)31(20-12-6-3-7-13-20)17-9-15-29(24,25)37-22/h2,4-5,8-11,14-15,20-25,33H,3,6-7,12-13,16-18H2,1H3/t21-,22-,23+,24+,25?,29+/m1/s1. The van der Waals surface area contributed by atoms with Crippen LogP contribution in [0.3, 0.4) is 0 Å². The first kappa shape index (κ1) is 24.4. The molecule has 196 valence electrons. The third kappa shape index (κ3) is 3.67. The maximum absolute atomic E-state index is 14.5. The van der Waals surface area contributed by atoms with Crippen molar-refractivity contribution < 1.29 is 24.2 Å². The van der Waals surface area contributed by atoms with E-state index in [2.05, 4.69) is 0 Å². The minimum atomic E-state index is -1.27. The summed E-state index contributed by atoms with van der Waals surface area (Å²) in [5, 5.41) is 10.6. The molecule has 4 heterocycles. The zero-order chi connectivity index (χ0) is 25.7. The van der Waals surface area contributed by atoms with Gasteiger partial charge in [-0.1, -0.05) is 73.9 Å². The molecule has 5 aliphatic rings. The number of ether oxygens (including phenoxy) is 1. The summed E-state index contributed by atoms with van der Waals surface area (Å²) in [7, 11) is 1.73. The normalized spacial score (nSPS) is 34.8. The molecule has 3 amide bonds. The van der Waals surface area contributed by atoms with Gasteiger partial charge in [0.1, 0.15) is 11.6 Å². The van der Waals surface area contributed by atoms with Crippen molar-refractivity contribution in [2.45, 2.75) is 61.9 Å². The molecule has 8 nitrogen and oxygen atoms in total. The van der Waals surface area contributed by atoms with Crippen molar-refractivity contribution >= 4 is 17.7 Å². The Morgan fingerprint density at radius 3 is 2.49 bits per heavy atom. The zero-order valence-electron chi connectivity index (χ0n) is 21.2. The number of fused-ring (bicyclic) bond motifs is 2. The van der Waals surface area contributed by atoms with Crippen LogP contribution in [0.2, 0.25) is 0 Å². The van der Waals surface area contributed by atoms with Crippen LogP contribution in [-0.2, 0) is 19.1 Å². The lowest BCUT2D eigenvalue weighted by atomic mass is 9.77. The van der Waals surface area contributed by atoms with Gasteiger partial charge in [0.2, 0.25) is 17.7 Å². The average molecular weight is 506 g/mol. The van der Waals surface area contributed by atoms with Crippen molar-refractivity contribution in [2.24, 2.45) is 11.8 Å². The highest BCUT2D eigenvalue weighted by atomic mass is 16.5. The van der Waals surface area contributed by atoms with Gasteiger partial charge in [0, 0.05) is 26.2 Å². The predicted molar refractivity (Wildman–Crippen MR) is 136 cm³/mol. The van der Waals surface area contributed by atoms with Crippen molar-refractivity contribution in [2.75, 3.05) is 26.7 Å². The van der Waals surface area contributed by atoms with Crippen molar-refractivity contribution in [1.82, 2.24) is 14.7 Å². The first-order valence-electron chi connectivity index (χ1n) is 13.5. The minimum Gasteiger partial charge on any atom is -0.394 e. The summed E-state index contributed by atoms with van der Waals surface area (Å²) in [4.78, 5) is 47.6. The van der Waals surface area contributed by atoms with Crippen molar-refractivity contribution in [3.8, 4) is 0 Å². The molecule has 0 radical (unpaired) electrons. The number of aliphatic hydroxyl groups is 1. The molecule has 1 spiro atoms. The molecule has 1 aromatic carbocycles. The molecule has 37 heavy (non-hydrogen) atoms. The van der Waals surface area contributed by atoms with E-state index in [0.29, 0.717) is 13.1 Å². The zero-order valence-corrected chi connectivity index (χ0v) is 21.2. The highest BCUT2D eigenvalue weighted by Gasteiger charge is 2.72. The van der Waals surface area contributed by atoms with Crippen LogP contribution in [0, 0.1) is 11.8 Å². The van der Waals surface area contributed by atoms with Crippen LogP contribution >= 0.6 is 0 Å². The molecule has 1 unspecified atom stereocenters. The molecule has 2 saturated heterocycles. The van der Waals surface area contributed by atoms with Gasteiger partial charge in [-0.2, -0.15) is 0 Å². The van der Waals surface area contributed by atoms with E-state index in [4.69, 9.17) is 4.74 Å². The minimum absolute atomic E-state index is 0.112. The number of carbonyl (C=O) groups excluding carboxylic acids is 3. The molecule has 6 atom stereocenters. The first-order valence-corrected chi connectivity index (χ1v) is 13.5. The topological polar surface area (TPSA) is 90.4 Å². The van der Waals surface area contributed by atoms with Gasteiger partial charge in [0.25, 0.3) is 0 Å². The fourth-order valence-electron chi connectivity index (χ4n) is 7.31. The van der Waals surface area contributed by atoms with E-state index in [-0.39, 0.29) is 30.4 Å². The second-order valence-corrected chi connectivity index (χ2v) is 11.0. The second-order valence-electron chi connectivity index (χ2n) is 11.0. The van der Waals surface area contributed by atoms with Crippen LogP contribution in [-0.4, -0.2) is 88.1 Å². The molecule has 6 rings (SSSR count). The molecule has 0 aromatic heterocycles. The van der Waals surface area contributed by atoms with E-state index in [1.54, 1.807) is 16.8 Å². The van der Waals surface area contributed by atoms with Crippen molar-refractivity contribution in [1.29, 1.82) is 0 Å². The highest BCUT2D eigenvalue weighted by Crippen LogP contribution is 2.55. The molecular formula is C29H35N3O5. The lowest BCUT2D eigenvalue weighted by Gasteiger charge is -2.41. The number of hydrogen-bond donors (Lipinski definition) is 1. The Kier molecular flexibility index (Phi) is 6.19. The Morgan fingerprint density at radius 1 is 1.00 bits per heavy atom. The van der Waals surface area contributed by atoms with E-state index in [1.807, 2.05) is 59.5 Å². The number of hydrogen-bond acceptors (Lipinski definition) is 5. The maximum atomic E-state index is 14.5. The van der Waals surface area contributed by atoms with Crippen molar-refractivity contribution in [3.63, 3.8) is 0 Å². The van der Waals surface area contributed by atoms with E-state index < -0.39 is 35.6 Å². The van der Waals surface area contributed by atoms with E-state index in [0.717, 1.165) is 31.2 Å².